The first-order valence-corrected chi connectivity index (χ1v) is 6.95. The van der Waals surface area contributed by atoms with Gasteiger partial charge in [-0.05, 0) is 29.1 Å². The van der Waals surface area contributed by atoms with Crippen molar-refractivity contribution >= 4 is 33.6 Å². The zero-order chi connectivity index (χ0) is 13.7. The quantitative estimate of drug-likeness (QED) is 0.563. The Kier molecular flexibility index (Phi) is 2.22. The number of aromatic nitrogens is 3. The van der Waals surface area contributed by atoms with Crippen LogP contribution in [-0.2, 0) is 0 Å². The third kappa shape index (κ3) is 1.48. The summed E-state index contributed by atoms with van der Waals surface area (Å²) < 4.78 is 1.52. The maximum atomic E-state index is 11.9. The van der Waals surface area contributed by atoms with Crippen molar-refractivity contribution in [3.8, 4) is 10.4 Å². The molecule has 0 atom stereocenters. The standard InChI is InChI=1S/C14H10N4OS/c15-10-6-8-3-4-9(12-2-1-5-20-12)7-11(8)18-13(10)16-17-14(18)19/h1-7H,15H2,(H,17,19). The van der Waals surface area contributed by atoms with Crippen molar-refractivity contribution in [2.24, 2.45) is 0 Å². The fourth-order valence-electron chi connectivity index (χ4n) is 2.40. The summed E-state index contributed by atoms with van der Waals surface area (Å²) in [5.41, 5.74) is 8.48. The van der Waals surface area contributed by atoms with Crippen molar-refractivity contribution in [2.45, 2.75) is 0 Å². The summed E-state index contributed by atoms with van der Waals surface area (Å²) in [5.74, 6) is 0. The van der Waals surface area contributed by atoms with Crippen LogP contribution in [0.2, 0.25) is 0 Å². The molecular weight excluding hydrogens is 272 g/mol. The number of hydrogen-bond donors (Lipinski definition) is 2. The van der Waals surface area contributed by atoms with Crippen LogP contribution in [0.15, 0.2) is 46.6 Å². The van der Waals surface area contributed by atoms with Gasteiger partial charge in [0.1, 0.15) is 0 Å². The SMILES string of the molecule is Nc1cc2ccc(-c3cccs3)cc2n2c(=O)[nH]nc12. The maximum absolute atomic E-state index is 11.9. The number of pyridine rings is 1. The van der Waals surface area contributed by atoms with Crippen LogP contribution in [0.4, 0.5) is 5.69 Å². The van der Waals surface area contributed by atoms with Gasteiger partial charge < -0.3 is 5.73 Å². The molecule has 98 valence electrons. The lowest BCUT2D eigenvalue weighted by atomic mass is 10.1. The van der Waals surface area contributed by atoms with Crippen molar-refractivity contribution in [3.05, 3.63) is 52.3 Å². The molecule has 6 heteroatoms. The number of fused-ring (bicyclic) bond motifs is 3. The molecule has 0 saturated carbocycles. The Morgan fingerprint density at radius 2 is 2.15 bits per heavy atom. The Hall–Kier alpha value is -2.60. The fourth-order valence-corrected chi connectivity index (χ4v) is 3.13. The average Bonchev–Trinajstić information content (AvgIpc) is 3.09. The van der Waals surface area contributed by atoms with Gasteiger partial charge in [-0.1, -0.05) is 18.2 Å². The van der Waals surface area contributed by atoms with Gasteiger partial charge in [-0.15, -0.1) is 11.3 Å². The normalized spacial score (nSPS) is 11.4. The first-order valence-electron chi connectivity index (χ1n) is 6.07. The average molecular weight is 282 g/mol. The van der Waals surface area contributed by atoms with Crippen molar-refractivity contribution in [3.63, 3.8) is 0 Å². The lowest BCUT2D eigenvalue weighted by molar-refractivity contribution is 1.04. The number of H-pyrrole nitrogens is 1. The zero-order valence-electron chi connectivity index (χ0n) is 10.3. The van der Waals surface area contributed by atoms with Crippen LogP contribution in [0.5, 0.6) is 0 Å². The lowest BCUT2D eigenvalue weighted by Crippen LogP contribution is -2.10. The number of nitrogen functional groups attached to an aromatic ring is 1. The van der Waals surface area contributed by atoms with E-state index in [2.05, 4.69) is 16.3 Å². The van der Waals surface area contributed by atoms with E-state index in [1.54, 1.807) is 11.3 Å². The number of hydrogen-bond acceptors (Lipinski definition) is 4. The van der Waals surface area contributed by atoms with Gasteiger partial charge in [-0.3, -0.25) is 0 Å². The molecule has 4 rings (SSSR count). The summed E-state index contributed by atoms with van der Waals surface area (Å²) in [7, 11) is 0. The molecule has 0 fully saturated rings. The predicted octanol–water partition coefficient (Wildman–Crippen LogP) is 2.49. The number of aromatic amines is 1. The van der Waals surface area contributed by atoms with Crippen LogP contribution < -0.4 is 11.4 Å². The van der Waals surface area contributed by atoms with Crippen LogP contribution in [0.1, 0.15) is 0 Å². The molecule has 3 aromatic heterocycles. The second-order valence-corrected chi connectivity index (χ2v) is 5.49. The Bertz CT molecular complexity index is 982. The van der Waals surface area contributed by atoms with Gasteiger partial charge in [0, 0.05) is 10.3 Å². The predicted molar refractivity (Wildman–Crippen MR) is 81.0 cm³/mol. The molecule has 3 heterocycles. The van der Waals surface area contributed by atoms with E-state index in [0.717, 1.165) is 21.3 Å². The molecule has 20 heavy (non-hydrogen) atoms. The number of thiophene rings is 1. The number of nitrogens with zero attached hydrogens (tertiary/aromatic N) is 2. The summed E-state index contributed by atoms with van der Waals surface area (Å²) >= 11 is 1.66. The van der Waals surface area contributed by atoms with Crippen LogP contribution in [0, 0.1) is 0 Å². The highest BCUT2D eigenvalue weighted by Gasteiger charge is 2.10. The first kappa shape index (κ1) is 11.2. The summed E-state index contributed by atoms with van der Waals surface area (Å²) in [4.78, 5) is 13.1. The van der Waals surface area contributed by atoms with Gasteiger partial charge in [0.15, 0.2) is 5.65 Å². The van der Waals surface area contributed by atoms with Gasteiger partial charge in [0.25, 0.3) is 0 Å². The molecule has 0 spiro atoms. The molecule has 1 aromatic carbocycles. The van der Waals surface area contributed by atoms with Gasteiger partial charge >= 0.3 is 5.69 Å². The van der Waals surface area contributed by atoms with E-state index in [1.807, 2.05) is 35.7 Å². The summed E-state index contributed by atoms with van der Waals surface area (Å²) in [6.07, 6.45) is 0. The van der Waals surface area contributed by atoms with Gasteiger partial charge in [-0.2, -0.15) is 5.10 Å². The maximum Gasteiger partial charge on any atom is 0.348 e. The molecule has 0 amide bonds. The first-order chi connectivity index (χ1) is 9.74. The third-order valence-electron chi connectivity index (χ3n) is 3.32. The highest BCUT2D eigenvalue weighted by atomic mass is 32.1. The number of benzene rings is 1. The van der Waals surface area contributed by atoms with Crippen LogP contribution in [-0.4, -0.2) is 14.6 Å². The zero-order valence-corrected chi connectivity index (χ0v) is 11.1. The Labute approximate surface area is 117 Å². The second kappa shape index (κ2) is 3.94. The van der Waals surface area contributed by atoms with Gasteiger partial charge in [0.05, 0.1) is 11.2 Å². The van der Waals surface area contributed by atoms with E-state index in [4.69, 9.17) is 5.73 Å². The van der Waals surface area contributed by atoms with E-state index < -0.39 is 0 Å². The molecule has 3 N–H and O–H groups in total. The second-order valence-electron chi connectivity index (χ2n) is 4.54. The topological polar surface area (TPSA) is 76.2 Å². The smallest absolute Gasteiger partial charge is 0.348 e. The molecule has 0 aliphatic carbocycles. The van der Waals surface area contributed by atoms with Crippen LogP contribution in [0.25, 0.3) is 27.0 Å². The largest absolute Gasteiger partial charge is 0.396 e. The molecular formula is C14H10N4OS. The minimum atomic E-state index is -0.277. The highest BCUT2D eigenvalue weighted by Crippen LogP contribution is 2.29. The van der Waals surface area contributed by atoms with Crippen molar-refractivity contribution in [1.29, 1.82) is 0 Å². The van der Waals surface area contributed by atoms with Crippen molar-refractivity contribution in [1.82, 2.24) is 14.6 Å². The number of rotatable bonds is 1. The number of anilines is 1. The molecule has 0 aliphatic rings. The minimum absolute atomic E-state index is 0.277. The lowest BCUT2D eigenvalue weighted by Gasteiger charge is -2.05. The van der Waals surface area contributed by atoms with E-state index in [0.29, 0.717) is 11.3 Å². The summed E-state index contributed by atoms with van der Waals surface area (Å²) in [6, 6.07) is 11.9. The number of nitrogens with one attached hydrogen (secondary N) is 1. The number of nitrogens with two attached hydrogens (primary N) is 1. The highest BCUT2D eigenvalue weighted by molar-refractivity contribution is 7.13. The molecule has 5 nitrogen and oxygen atoms in total. The summed E-state index contributed by atoms with van der Waals surface area (Å²) in [6.45, 7) is 0. The monoisotopic (exact) mass is 282 g/mol. The van der Waals surface area contributed by atoms with Gasteiger partial charge in [0.2, 0.25) is 0 Å². The Morgan fingerprint density at radius 1 is 1.25 bits per heavy atom. The molecule has 0 unspecified atom stereocenters. The molecule has 0 bridgehead atoms. The Balaban J connectivity index is 2.16. The summed E-state index contributed by atoms with van der Waals surface area (Å²) in [5, 5.41) is 9.35. The van der Waals surface area contributed by atoms with Crippen molar-refractivity contribution in [2.75, 3.05) is 5.73 Å². The van der Waals surface area contributed by atoms with Crippen molar-refractivity contribution < 1.29 is 0 Å². The molecule has 4 aromatic rings. The molecule has 0 saturated heterocycles. The molecule has 0 aliphatic heterocycles. The van der Waals surface area contributed by atoms with E-state index >= 15 is 0 Å². The fraction of sp³-hybridized carbons (Fsp3) is 0. The molecule has 0 radical (unpaired) electrons. The van der Waals surface area contributed by atoms with E-state index in [1.165, 1.54) is 4.40 Å². The van der Waals surface area contributed by atoms with Gasteiger partial charge in [-0.25, -0.2) is 14.3 Å². The van der Waals surface area contributed by atoms with Crippen LogP contribution >= 0.6 is 11.3 Å². The van der Waals surface area contributed by atoms with E-state index in [-0.39, 0.29) is 5.69 Å². The van der Waals surface area contributed by atoms with Crippen LogP contribution in [0.3, 0.4) is 0 Å². The minimum Gasteiger partial charge on any atom is -0.396 e. The Morgan fingerprint density at radius 3 is 2.95 bits per heavy atom. The third-order valence-corrected chi connectivity index (χ3v) is 4.24. The van der Waals surface area contributed by atoms with E-state index in [9.17, 15) is 4.79 Å².